The molecule has 0 fully saturated rings. The molecule has 0 aliphatic carbocycles. The molecule has 3 aromatic rings. The van der Waals surface area contributed by atoms with Crippen molar-refractivity contribution in [1.82, 2.24) is 10.3 Å². The Morgan fingerprint density at radius 2 is 2.03 bits per heavy atom. The summed E-state index contributed by atoms with van der Waals surface area (Å²) in [6.07, 6.45) is 1.52. The fourth-order valence-electron chi connectivity index (χ4n) is 2.71. The Morgan fingerprint density at radius 3 is 2.70 bits per heavy atom. The zero-order valence-electron chi connectivity index (χ0n) is 16.7. The van der Waals surface area contributed by atoms with Gasteiger partial charge in [-0.3, -0.25) is 4.79 Å². The smallest absolute Gasteiger partial charge is 0.262 e. The molecule has 0 saturated heterocycles. The predicted octanol–water partition coefficient (Wildman–Crippen LogP) is 4.26. The molecule has 7 heteroatoms. The summed E-state index contributed by atoms with van der Waals surface area (Å²) in [6.45, 7) is 2.63. The number of methoxy groups -OCH3 is 1. The maximum atomic E-state index is 12.4. The number of aryl methyl sites for hydroxylation is 1. The molecule has 0 aliphatic rings. The highest BCUT2D eigenvalue weighted by atomic mass is 32.1. The van der Waals surface area contributed by atoms with Crippen molar-refractivity contribution in [3.05, 3.63) is 81.3 Å². The molecule has 3 rings (SSSR count). The van der Waals surface area contributed by atoms with Crippen molar-refractivity contribution in [1.29, 1.82) is 5.26 Å². The van der Waals surface area contributed by atoms with Gasteiger partial charge in [0.2, 0.25) is 0 Å². The predicted molar refractivity (Wildman–Crippen MR) is 116 cm³/mol. The van der Waals surface area contributed by atoms with E-state index >= 15 is 0 Å². The van der Waals surface area contributed by atoms with E-state index in [-0.39, 0.29) is 5.57 Å². The number of amides is 1. The Kier molecular flexibility index (Phi) is 7.19. The average Bonchev–Trinajstić information content (AvgIpc) is 3.20. The maximum Gasteiger partial charge on any atom is 0.262 e. The van der Waals surface area contributed by atoms with Gasteiger partial charge in [0.15, 0.2) is 11.5 Å². The van der Waals surface area contributed by atoms with Gasteiger partial charge in [-0.15, -0.1) is 11.3 Å². The second-order valence-corrected chi connectivity index (χ2v) is 7.46. The lowest BCUT2D eigenvalue weighted by Crippen LogP contribution is -2.23. The minimum absolute atomic E-state index is 0.0135. The van der Waals surface area contributed by atoms with E-state index in [4.69, 9.17) is 9.47 Å². The van der Waals surface area contributed by atoms with Crippen molar-refractivity contribution in [2.45, 2.75) is 20.1 Å². The van der Waals surface area contributed by atoms with Crippen LogP contribution in [0, 0.1) is 18.3 Å². The maximum absolute atomic E-state index is 12.4. The van der Waals surface area contributed by atoms with Gasteiger partial charge in [0.25, 0.3) is 5.91 Å². The number of rotatable bonds is 8. The Morgan fingerprint density at radius 1 is 1.23 bits per heavy atom. The number of hydrogen-bond donors (Lipinski definition) is 1. The number of ether oxygens (including phenoxy) is 2. The zero-order valence-corrected chi connectivity index (χ0v) is 17.5. The third kappa shape index (κ3) is 5.69. The van der Waals surface area contributed by atoms with Crippen LogP contribution in [0.15, 0.2) is 59.5 Å². The second-order valence-electron chi connectivity index (χ2n) is 6.39. The molecule has 0 unspecified atom stereocenters. The topological polar surface area (TPSA) is 84.2 Å². The molecular formula is C23H21N3O3S. The van der Waals surface area contributed by atoms with Crippen LogP contribution < -0.4 is 14.8 Å². The second kappa shape index (κ2) is 10.2. The summed E-state index contributed by atoms with van der Waals surface area (Å²) in [7, 11) is 1.54. The van der Waals surface area contributed by atoms with Gasteiger partial charge in [-0.05, 0) is 36.3 Å². The summed E-state index contributed by atoms with van der Waals surface area (Å²) in [5.74, 6) is 0.643. The molecule has 0 bridgehead atoms. The quantitative estimate of drug-likeness (QED) is 0.436. The van der Waals surface area contributed by atoms with E-state index in [1.54, 1.807) is 36.6 Å². The summed E-state index contributed by atoms with van der Waals surface area (Å²) < 4.78 is 11.2. The SMILES string of the molecule is COc1cc(/C=C(\C#N)C(=O)NCc2ccccc2)ccc1OCc1csc(C)n1. The van der Waals surface area contributed by atoms with Gasteiger partial charge in [-0.25, -0.2) is 4.98 Å². The van der Waals surface area contributed by atoms with Crippen molar-refractivity contribution < 1.29 is 14.3 Å². The van der Waals surface area contributed by atoms with Gasteiger partial charge in [-0.1, -0.05) is 36.4 Å². The van der Waals surface area contributed by atoms with E-state index < -0.39 is 5.91 Å². The lowest BCUT2D eigenvalue weighted by molar-refractivity contribution is -0.117. The van der Waals surface area contributed by atoms with Crippen LogP contribution in [-0.4, -0.2) is 18.0 Å². The monoisotopic (exact) mass is 419 g/mol. The summed E-state index contributed by atoms with van der Waals surface area (Å²) >= 11 is 1.57. The number of carbonyl (C=O) groups excluding carboxylic acids is 1. The highest BCUT2D eigenvalue weighted by molar-refractivity contribution is 7.09. The molecule has 1 aromatic heterocycles. The highest BCUT2D eigenvalue weighted by Crippen LogP contribution is 2.29. The van der Waals surface area contributed by atoms with Crippen molar-refractivity contribution in [3.63, 3.8) is 0 Å². The van der Waals surface area contributed by atoms with E-state index in [1.807, 2.05) is 48.7 Å². The third-order valence-corrected chi connectivity index (χ3v) is 5.02. The Balaban J connectivity index is 1.69. The van der Waals surface area contributed by atoms with E-state index in [2.05, 4.69) is 10.3 Å². The molecule has 1 N–H and O–H groups in total. The number of nitrogens with zero attached hydrogens (tertiary/aromatic N) is 2. The summed E-state index contributed by atoms with van der Waals surface area (Å²) in [4.78, 5) is 16.7. The lowest BCUT2D eigenvalue weighted by atomic mass is 10.1. The van der Waals surface area contributed by atoms with Crippen molar-refractivity contribution in [3.8, 4) is 17.6 Å². The normalized spacial score (nSPS) is 10.9. The van der Waals surface area contributed by atoms with Crippen molar-refractivity contribution >= 4 is 23.3 Å². The molecule has 30 heavy (non-hydrogen) atoms. The Labute approximate surface area is 179 Å². The van der Waals surface area contributed by atoms with Gasteiger partial charge in [0.1, 0.15) is 18.2 Å². The van der Waals surface area contributed by atoms with Gasteiger partial charge >= 0.3 is 0 Å². The third-order valence-electron chi connectivity index (χ3n) is 4.20. The largest absolute Gasteiger partial charge is 0.493 e. The number of carbonyl (C=O) groups is 1. The number of nitrogens with one attached hydrogen (secondary N) is 1. The number of aromatic nitrogens is 1. The standard InChI is InChI=1S/C23H21N3O3S/c1-16-26-20(15-30-16)14-29-21-9-8-18(11-22(21)28-2)10-19(12-24)23(27)25-13-17-6-4-3-5-7-17/h3-11,15H,13-14H2,1-2H3,(H,25,27)/b19-10+. The van der Waals surface area contributed by atoms with E-state index in [0.717, 1.165) is 16.3 Å². The summed E-state index contributed by atoms with van der Waals surface area (Å²) in [5.41, 5.74) is 2.49. The number of benzene rings is 2. The van der Waals surface area contributed by atoms with Crippen molar-refractivity contribution in [2.75, 3.05) is 7.11 Å². The van der Waals surface area contributed by atoms with Gasteiger partial charge in [0, 0.05) is 11.9 Å². The number of hydrogen-bond acceptors (Lipinski definition) is 6. The van der Waals surface area contributed by atoms with Crippen LogP contribution in [-0.2, 0) is 17.9 Å². The van der Waals surface area contributed by atoms with Gasteiger partial charge < -0.3 is 14.8 Å². The molecule has 0 radical (unpaired) electrons. The fourth-order valence-corrected chi connectivity index (χ4v) is 3.31. The average molecular weight is 420 g/mol. The molecule has 2 aromatic carbocycles. The first-order valence-electron chi connectivity index (χ1n) is 9.25. The minimum atomic E-state index is -0.431. The zero-order chi connectivity index (χ0) is 21.3. The summed E-state index contributed by atoms with van der Waals surface area (Å²) in [5, 5.41) is 15.1. The van der Waals surface area contributed by atoms with Gasteiger partial charge in [0.05, 0.1) is 17.8 Å². The van der Waals surface area contributed by atoms with Crippen LogP contribution in [0.25, 0.3) is 6.08 Å². The molecule has 152 valence electrons. The van der Waals surface area contributed by atoms with Crippen molar-refractivity contribution in [2.24, 2.45) is 0 Å². The first kappa shape index (κ1) is 21.1. The molecule has 0 aliphatic heterocycles. The minimum Gasteiger partial charge on any atom is -0.493 e. The highest BCUT2D eigenvalue weighted by Gasteiger charge is 2.11. The molecule has 6 nitrogen and oxygen atoms in total. The van der Waals surface area contributed by atoms with E-state index in [0.29, 0.717) is 30.2 Å². The number of thiazole rings is 1. The lowest BCUT2D eigenvalue weighted by Gasteiger charge is -2.11. The van der Waals surface area contributed by atoms with Crippen LogP contribution in [0.4, 0.5) is 0 Å². The van der Waals surface area contributed by atoms with Crippen LogP contribution in [0.2, 0.25) is 0 Å². The first-order chi connectivity index (χ1) is 14.6. The van der Waals surface area contributed by atoms with Crippen LogP contribution >= 0.6 is 11.3 Å². The Bertz CT molecular complexity index is 1080. The van der Waals surface area contributed by atoms with Gasteiger partial charge in [-0.2, -0.15) is 5.26 Å². The fraction of sp³-hybridized carbons (Fsp3) is 0.174. The first-order valence-corrected chi connectivity index (χ1v) is 10.1. The molecular weight excluding hydrogens is 398 g/mol. The molecule has 1 amide bonds. The van der Waals surface area contributed by atoms with E-state index in [9.17, 15) is 10.1 Å². The Hall–Kier alpha value is -3.63. The van der Waals surface area contributed by atoms with E-state index in [1.165, 1.54) is 6.08 Å². The number of nitriles is 1. The van der Waals surface area contributed by atoms with Crippen LogP contribution in [0.3, 0.4) is 0 Å². The molecule has 0 atom stereocenters. The summed E-state index contributed by atoms with van der Waals surface area (Å²) in [6, 6.07) is 16.7. The van der Waals surface area contributed by atoms with Crippen LogP contribution in [0.5, 0.6) is 11.5 Å². The molecule has 1 heterocycles. The molecule has 0 spiro atoms. The molecule has 0 saturated carbocycles. The van der Waals surface area contributed by atoms with Crippen LogP contribution in [0.1, 0.15) is 21.8 Å².